The van der Waals surface area contributed by atoms with E-state index in [0.717, 1.165) is 17.4 Å². The highest BCUT2D eigenvalue weighted by molar-refractivity contribution is 7.89. The molecule has 0 atom stereocenters. The Hall–Kier alpha value is -4.37. The average Bonchev–Trinajstić information content (AvgIpc) is 3.45. The van der Waals surface area contributed by atoms with Crippen molar-refractivity contribution in [1.82, 2.24) is 14.6 Å². The maximum Gasteiger partial charge on any atom is 0.255 e. The molecule has 2 heterocycles. The fourth-order valence-electron chi connectivity index (χ4n) is 5.10. The van der Waals surface area contributed by atoms with Crippen LogP contribution in [0, 0.1) is 13.8 Å². The summed E-state index contributed by atoms with van der Waals surface area (Å²) in [5.74, 6) is -0.187. The molecule has 2 N–H and O–H groups in total. The summed E-state index contributed by atoms with van der Waals surface area (Å²) in [5.41, 5.74) is 4.81. The van der Waals surface area contributed by atoms with Crippen molar-refractivity contribution in [3.8, 4) is 22.5 Å². The van der Waals surface area contributed by atoms with Crippen molar-refractivity contribution in [2.45, 2.75) is 40.2 Å². The van der Waals surface area contributed by atoms with Crippen LogP contribution in [-0.2, 0) is 10.0 Å². The summed E-state index contributed by atoms with van der Waals surface area (Å²) in [6.45, 7) is 9.50. The topological polar surface area (TPSA) is 110 Å². The van der Waals surface area contributed by atoms with Crippen molar-refractivity contribution < 1.29 is 22.4 Å². The average molecular weight is 572 g/mol. The molecule has 0 radical (unpaired) electrons. The molecule has 5 rings (SSSR count). The van der Waals surface area contributed by atoms with Gasteiger partial charge in [-0.3, -0.25) is 9.59 Å². The molecule has 41 heavy (non-hydrogen) atoms. The van der Waals surface area contributed by atoms with Gasteiger partial charge in [0.2, 0.25) is 10.0 Å². The third kappa shape index (κ3) is 5.13. The van der Waals surface area contributed by atoms with Crippen LogP contribution in [0.1, 0.15) is 52.6 Å². The number of carbonyl (C=O) groups is 2. The number of nitrogens with one attached hydrogen (secondary N) is 2. The number of hydrogen-bond acceptors (Lipinski definition) is 5. The van der Waals surface area contributed by atoms with Gasteiger partial charge in [-0.05, 0) is 63.9 Å². The molecule has 0 unspecified atom stereocenters. The number of fused-ring (bicyclic) bond motifs is 3. The highest BCUT2D eigenvalue weighted by atomic mass is 32.2. The van der Waals surface area contributed by atoms with Gasteiger partial charge in [0.15, 0.2) is 0 Å². The summed E-state index contributed by atoms with van der Waals surface area (Å²) in [5, 5.41) is 6.82. The second kappa shape index (κ2) is 9.92. The van der Waals surface area contributed by atoms with E-state index in [1.54, 1.807) is 37.5 Å². The largest absolute Gasteiger partial charge is 0.454 e. The van der Waals surface area contributed by atoms with Crippen LogP contribution in [0.25, 0.3) is 44.3 Å². The van der Waals surface area contributed by atoms with Gasteiger partial charge in [-0.2, -0.15) is 0 Å². The van der Waals surface area contributed by atoms with Crippen molar-refractivity contribution in [1.29, 1.82) is 0 Å². The van der Waals surface area contributed by atoms with E-state index in [1.165, 1.54) is 3.97 Å². The van der Waals surface area contributed by atoms with Gasteiger partial charge in [0.1, 0.15) is 11.3 Å². The number of hydrogen-bond donors (Lipinski definition) is 2. The van der Waals surface area contributed by atoms with Gasteiger partial charge in [0, 0.05) is 46.2 Å². The second-order valence-corrected chi connectivity index (χ2v) is 13.3. The Labute approximate surface area is 239 Å². The molecule has 8 nitrogen and oxygen atoms in total. The van der Waals surface area contributed by atoms with Gasteiger partial charge in [-0.25, -0.2) is 12.4 Å². The number of carbonyl (C=O) groups excluding carboxylic acids is 2. The van der Waals surface area contributed by atoms with Crippen LogP contribution in [-0.4, -0.2) is 43.0 Å². The number of benzene rings is 3. The Morgan fingerprint density at radius 2 is 1.61 bits per heavy atom. The summed E-state index contributed by atoms with van der Waals surface area (Å²) < 4.78 is 33.7. The maximum atomic E-state index is 13.3. The van der Waals surface area contributed by atoms with Crippen LogP contribution in [0.4, 0.5) is 0 Å². The number of aromatic nitrogens is 1. The lowest BCUT2D eigenvalue weighted by Gasteiger charge is -2.20. The molecular weight excluding hydrogens is 538 g/mol. The number of rotatable bonds is 5. The molecule has 5 aromatic rings. The molecule has 212 valence electrons. The summed E-state index contributed by atoms with van der Waals surface area (Å²) in [7, 11) is -2.17. The van der Waals surface area contributed by atoms with E-state index in [0.29, 0.717) is 55.4 Å². The van der Waals surface area contributed by atoms with Crippen LogP contribution in [0.5, 0.6) is 0 Å². The number of furan rings is 1. The van der Waals surface area contributed by atoms with Gasteiger partial charge in [0.25, 0.3) is 11.8 Å². The first-order valence-electron chi connectivity index (χ1n) is 13.2. The smallest absolute Gasteiger partial charge is 0.255 e. The van der Waals surface area contributed by atoms with Gasteiger partial charge >= 0.3 is 0 Å². The number of aryl methyl sites for hydroxylation is 2. The summed E-state index contributed by atoms with van der Waals surface area (Å²) >= 11 is 0. The lowest BCUT2D eigenvalue weighted by molar-refractivity contribution is 0.0918. The fourth-order valence-corrected chi connectivity index (χ4v) is 5.97. The molecule has 0 aliphatic rings. The van der Waals surface area contributed by atoms with Crippen LogP contribution in [0.15, 0.2) is 65.2 Å². The lowest BCUT2D eigenvalue weighted by Crippen LogP contribution is -2.40. The molecule has 0 spiro atoms. The van der Waals surface area contributed by atoms with E-state index in [1.807, 2.05) is 65.0 Å². The van der Waals surface area contributed by atoms with E-state index >= 15 is 0 Å². The second-order valence-electron chi connectivity index (χ2n) is 11.4. The van der Waals surface area contributed by atoms with E-state index in [2.05, 4.69) is 10.6 Å². The maximum absolute atomic E-state index is 13.3. The normalized spacial score (nSPS) is 12.2. The Morgan fingerprint density at radius 1 is 0.927 bits per heavy atom. The Balaban J connectivity index is 1.90. The predicted molar refractivity (Wildman–Crippen MR) is 163 cm³/mol. The fraction of sp³-hybridized carbons (Fsp3) is 0.250. The molecule has 2 amide bonds. The van der Waals surface area contributed by atoms with Crippen LogP contribution >= 0.6 is 0 Å². The highest BCUT2D eigenvalue weighted by Gasteiger charge is 2.28. The van der Waals surface area contributed by atoms with Crippen LogP contribution < -0.4 is 10.6 Å². The van der Waals surface area contributed by atoms with E-state index in [4.69, 9.17) is 4.42 Å². The van der Waals surface area contributed by atoms with Crippen LogP contribution in [0.3, 0.4) is 0 Å². The third-order valence-corrected chi connectivity index (χ3v) is 7.93. The number of nitrogens with zero attached hydrogens (tertiary/aromatic N) is 1. The van der Waals surface area contributed by atoms with E-state index in [9.17, 15) is 18.0 Å². The molecule has 0 fully saturated rings. The van der Waals surface area contributed by atoms with Gasteiger partial charge in [-0.1, -0.05) is 42.0 Å². The Bertz CT molecular complexity index is 1960. The van der Waals surface area contributed by atoms with Gasteiger partial charge < -0.3 is 15.1 Å². The van der Waals surface area contributed by atoms with Crippen molar-refractivity contribution in [2.75, 3.05) is 13.3 Å². The molecule has 9 heteroatoms. The first-order chi connectivity index (χ1) is 19.2. The zero-order valence-electron chi connectivity index (χ0n) is 24.2. The Kier molecular flexibility index (Phi) is 6.82. The summed E-state index contributed by atoms with van der Waals surface area (Å²) in [6, 6.07) is 16.5. The number of amides is 2. The molecule has 0 aliphatic carbocycles. The highest BCUT2D eigenvalue weighted by Crippen LogP contribution is 2.44. The standard InChI is InChI=1S/C32H33N3O5S/c1-18-11-13-20(14-12-18)28-26(31(37)33-6)24-16-23(21-9-8-10-22(15-21)30(36)34-32(3,4)5)27-25(29(24)40-28)19(2)17-35(27)41(7,38)39/h8-17H,1-7H3,(H,33,37)(H,34,36). The van der Waals surface area contributed by atoms with Gasteiger partial charge in [-0.15, -0.1) is 0 Å². The van der Waals surface area contributed by atoms with E-state index in [-0.39, 0.29) is 11.8 Å². The molecule has 0 saturated heterocycles. The van der Waals surface area contributed by atoms with Crippen molar-refractivity contribution in [2.24, 2.45) is 0 Å². The zero-order chi connectivity index (χ0) is 29.9. The lowest BCUT2D eigenvalue weighted by atomic mass is 9.95. The Morgan fingerprint density at radius 3 is 2.22 bits per heavy atom. The first-order valence-corrected chi connectivity index (χ1v) is 15.1. The molecule has 0 aliphatic heterocycles. The SMILES string of the molecule is CNC(=O)c1c(-c2ccc(C)cc2)oc2c1cc(-c1cccc(C(=O)NC(C)(C)C)c1)c1c2c(C)cn1S(C)(=O)=O. The molecule has 0 saturated carbocycles. The van der Waals surface area contributed by atoms with Crippen molar-refractivity contribution >= 4 is 43.7 Å². The zero-order valence-corrected chi connectivity index (χ0v) is 25.0. The molecular formula is C32H33N3O5S. The molecule has 3 aromatic carbocycles. The van der Waals surface area contributed by atoms with Crippen LogP contribution in [0.2, 0.25) is 0 Å². The minimum Gasteiger partial charge on any atom is -0.454 e. The first kappa shape index (κ1) is 28.2. The monoisotopic (exact) mass is 571 g/mol. The van der Waals surface area contributed by atoms with Crippen molar-refractivity contribution in [3.05, 3.63) is 83.0 Å². The van der Waals surface area contributed by atoms with Crippen molar-refractivity contribution in [3.63, 3.8) is 0 Å². The molecule has 2 aromatic heterocycles. The predicted octanol–water partition coefficient (Wildman–Crippen LogP) is 6.03. The summed E-state index contributed by atoms with van der Waals surface area (Å²) in [6.07, 6.45) is 2.70. The molecule has 0 bridgehead atoms. The summed E-state index contributed by atoms with van der Waals surface area (Å²) in [4.78, 5) is 26.4. The minimum absolute atomic E-state index is 0.248. The quantitative estimate of drug-likeness (QED) is 0.268. The van der Waals surface area contributed by atoms with Gasteiger partial charge in [0.05, 0.1) is 17.3 Å². The van der Waals surface area contributed by atoms with E-state index < -0.39 is 15.6 Å². The third-order valence-electron chi connectivity index (χ3n) is 6.93. The minimum atomic E-state index is -3.72.